The van der Waals surface area contributed by atoms with E-state index in [1.807, 2.05) is 31.2 Å². The van der Waals surface area contributed by atoms with Crippen molar-refractivity contribution in [3.05, 3.63) is 59.9 Å². The molecule has 162 valence electrons. The first-order valence-corrected chi connectivity index (χ1v) is 9.12. The van der Waals surface area contributed by atoms with Crippen molar-refractivity contribution in [1.82, 2.24) is 14.9 Å². The van der Waals surface area contributed by atoms with Crippen LogP contribution >= 0.6 is 24.0 Å². The third kappa shape index (κ3) is 6.78. The van der Waals surface area contributed by atoms with Gasteiger partial charge in [0.05, 0.1) is 17.6 Å². The molecule has 0 aliphatic heterocycles. The lowest BCUT2D eigenvalue weighted by molar-refractivity contribution is -0.274. The number of nitrogens with zero attached hydrogens (tertiary/aromatic N) is 3. The topological polar surface area (TPSA) is 77.5 Å². The van der Waals surface area contributed by atoms with Crippen LogP contribution in [0.3, 0.4) is 0 Å². The minimum Gasteiger partial charge on any atom is -0.406 e. The minimum absolute atomic E-state index is 0. The van der Waals surface area contributed by atoms with Gasteiger partial charge in [-0.05, 0) is 43.2 Å². The molecule has 0 aliphatic rings. The Morgan fingerprint density at radius 2 is 1.87 bits per heavy atom. The Labute approximate surface area is 189 Å². The lowest BCUT2D eigenvalue weighted by Crippen LogP contribution is -2.32. The van der Waals surface area contributed by atoms with Crippen molar-refractivity contribution in [3.63, 3.8) is 0 Å². The summed E-state index contributed by atoms with van der Waals surface area (Å²) in [5.74, 6) is 0.984. The quantitative estimate of drug-likeness (QED) is 0.205. The fraction of sp³-hybridized carbons (Fsp3) is 0.300. The summed E-state index contributed by atoms with van der Waals surface area (Å²) >= 11 is 0. The molecule has 10 heteroatoms. The fourth-order valence-corrected chi connectivity index (χ4v) is 2.96. The minimum atomic E-state index is -4.70. The van der Waals surface area contributed by atoms with Crippen molar-refractivity contribution in [1.29, 1.82) is 0 Å². The average molecular weight is 533 g/mol. The number of benzene rings is 2. The van der Waals surface area contributed by atoms with Gasteiger partial charge in [-0.15, -0.1) is 37.1 Å². The van der Waals surface area contributed by atoms with Gasteiger partial charge in [0.1, 0.15) is 11.6 Å². The number of ether oxygens (including phenoxy) is 1. The molecule has 0 atom stereocenters. The van der Waals surface area contributed by atoms with Crippen LogP contribution in [0.5, 0.6) is 5.75 Å². The molecule has 0 saturated carbocycles. The highest BCUT2D eigenvalue weighted by Gasteiger charge is 2.30. The van der Waals surface area contributed by atoms with Crippen molar-refractivity contribution >= 4 is 41.0 Å². The third-order valence-corrected chi connectivity index (χ3v) is 4.30. The van der Waals surface area contributed by atoms with E-state index in [2.05, 4.69) is 24.6 Å². The Hall–Kier alpha value is -2.50. The number of alkyl halides is 3. The summed E-state index contributed by atoms with van der Waals surface area (Å²) in [6.07, 6.45) is -3.86. The fourth-order valence-electron chi connectivity index (χ4n) is 2.96. The van der Waals surface area contributed by atoms with Crippen LogP contribution in [0, 0.1) is 6.92 Å². The zero-order chi connectivity index (χ0) is 20.9. The normalized spacial score (nSPS) is 11.9. The summed E-state index contributed by atoms with van der Waals surface area (Å²) in [5, 5.41) is 3.05. The second-order valence-corrected chi connectivity index (χ2v) is 6.47. The zero-order valence-corrected chi connectivity index (χ0v) is 18.6. The predicted octanol–water partition coefficient (Wildman–Crippen LogP) is 4.36. The number of hydrogen-bond donors (Lipinski definition) is 2. The maximum Gasteiger partial charge on any atom is 0.573 e. The van der Waals surface area contributed by atoms with Crippen molar-refractivity contribution < 1.29 is 17.9 Å². The number of nitrogens with one attached hydrogen (secondary N) is 1. The van der Waals surface area contributed by atoms with E-state index < -0.39 is 6.36 Å². The number of nitrogens with two attached hydrogens (primary N) is 1. The number of halogens is 4. The van der Waals surface area contributed by atoms with Crippen molar-refractivity contribution in [2.24, 2.45) is 10.7 Å². The van der Waals surface area contributed by atoms with Crippen LogP contribution in [0.15, 0.2) is 53.5 Å². The molecule has 3 rings (SSSR count). The van der Waals surface area contributed by atoms with E-state index in [9.17, 15) is 13.2 Å². The second kappa shape index (κ2) is 10.5. The average Bonchev–Trinajstić information content (AvgIpc) is 2.98. The Kier molecular flexibility index (Phi) is 8.33. The monoisotopic (exact) mass is 533 g/mol. The Bertz CT molecular complexity index is 986. The largest absolute Gasteiger partial charge is 0.573 e. The lowest BCUT2D eigenvalue weighted by atomic mass is 10.2. The van der Waals surface area contributed by atoms with Crippen molar-refractivity contribution in [2.45, 2.75) is 32.8 Å². The molecule has 2 aromatic carbocycles. The molecule has 0 fully saturated rings. The van der Waals surface area contributed by atoms with E-state index in [1.165, 1.54) is 24.3 Å². The molecule has 0 amide bonds. The van der Waals surface area contributed by atoms with Gasteiger partial charge in [-0.2, -0.15) is 0 Å². The molecule has 0 unspecified atom stereocenters. The number of imidazole rings is 1. The summed E-state index contributed by atoms with van der Waals surface area (Å²) in [6.45, 7) is 3.68. The SMILES string of the molecule is Cc1nc2ccccc2n1CCCNC(N)=NCc1ccc(OC(F)(F)F)cc1.I. The van der Waals surface area contributed by atoms with E-state index in [1.54, 1.807) is 0 Å². The van der Waals surface area contributed by atoms with Crippen LogP contribution < -0.4 is 15.8 Å². The van der Waals surface area contributed by atoms with Gasteiger partial charge >= 0.3 is 6.36 Å². The molecular formula is C20H23F3IN5O. The molecule has 1 aromatic heterocycles. The van der Waals surface area contributed by atoms with Gasteiger partial charge in [0, 0.05) is 13.1 Å². The molecule has 0 aliphatic carbocycles. The molecular weight excluding hydrogens is 510 g/mol. The highest BCUT2D eigenvalue weighted by atomic mass is 127. The van der Waals surface area contributed by atoms with Gasteiger partial charge in [-0.25, -0.2) is 9.98 Å². The maximum atomic E-state index is 12.2. The number of guanidine groups is 1. The van der Waals surface area contributed by atoms with E-state index in [0.717, 1.165) is 35.4 Å². The van der Waals surface area contributed by atoms with Gasteiger partial charge in [0.25, 0.3) is 0 Å². The molecule has 0 radical (unpaired) electrons. The highest BCUT2D eigenvalue weighted by Crippen LogP contribution is 2.22. The van der Waals surface area contributed by atoms with Crippen LogP contribution in [0.2, 0.25) is 0 Å². The summed E-state index contributed by atoms with van der Waals surface area (Å²) in [6, 6.07) is 13.5. The van der Waals surface area contributed by atoms with E-state index in [-0.39, 0.29) is 42.2 Å². The Morgan fingerprint density at radius 1 is 1.17 bits per heavy atom. The van der Waals surface area contributed by atoms with E-state index in [4.69, 9.17) is 5.73 Å². The van der Waals surface area contributed by atoms with Gasteiger partial charge in [0.15, 0.2) is 5.96 Å². The maximum absolute atomic E-state index is 12.2. The Balaban J connectivity index is 0.00000320. The lowest BCUT2D eigenvalue weighted by Gasteiger charge is -2.09. The van der Waals surface area contributed by atoms with E-state index >= 15 is 0 Å². The van der Waals surface area contributed by atoms with Gasteiger partial charge in [-0.3, -0.25) is 0 Å². The smallest absolute Gasteiger partial charge is 0.406 e. The molecule has 6 nitrogen and oxygen atoms in total. The molecule has 0 spiro atoms. The summed E-state index contributed by atoms with van der Waals surface area (Å²) in [5.41, 5.74) is 8.67. The van der Waals surface area contributed by atoms with Crippen LogP contribution in [0.25, 0.3) is 11.0 Å². The molecule has 30 heavy (non-hydrogen) atoms. The third-order valence-electron chi connectivity index (χ3n) is 4.30. The first-order valence-electron chi connectivity index (χ1n) is 9.12. The molecule has 3 N–H and O–H groups in total. The predicted molar refractivity (Wildman–Crippen MR) is 121 cm³/mol. The number of para-hydroxylation sites is 2. The number of aryl methyl sites for hydroxylation is 2. The first-order chi connectivity index (χ1) is 13.8. The van der Waals surface area contributed by atoms with Gasteiger partial charge in [0.2, 0.25) is 0 Å². The van der Waals surface area contributed by atoms with Gasteiger partial charge < -0.3 is 20.4 Å². The molecule has 0 saturated heterocycles. The van der Waals surface area contributed by atoms with Crippen LogP contribution in [-0.2, 0) is 13.1 Å². The first kappa shape index (κ1) is 23.8. The summed E-state index contributed by atoms with van der Waals surface area (Å²) in [4.78, 5) is 8.74. The highest BCUT2D eigenvalue weighted by molar-refractivity contribution is 14.0. The number of rotatable bonds is 7. The number of aliphatic imine (C=N–C) groups is 1. The summed E-state index contributed by atoms with van der Waals surface area (Å²) < 4.78 is 42.5. The van der Waals surface area contributed by atoms with Crippen LogP contribution in [0.4, 0.5) is 13.2 Å². The van der Waals surface area contributed by atoms with Crippen molar-refractivity contribution in [2.75, 3.05) is 6.54 Å². The van der Waals surface area contributed by atoms with Gasteiger partial charge in [-0.1, -0.05) is 24.3 Å². The number of hydrogen-bond acceptors (Lipinski definition) is 3. The number of aromatic nitrogens is 2. The zero-order valence-electron chi connectivity index (χ0n) is 16.3. The Morgan fingerprint density at radius 3 is 2.57 bits per heavy atom. The standard InChI is InChI=1S/C20H22F3N5O.HI/c1-14-27-17-5-2-3-6-18(17)28(14)12-4-11-25-19(24)26-13-15-7-9-16(10-8-15)29-20(21,22)23;/h2-3,5-10H,4,11-13H2,1H3,(H3,24,25,26);1H. The molecule has 3 aromatic rings. The molecule has 0 bridgehead atoms. The summed E-state index contributed by atoms with van der Waals surface area (Å²) in [7, 11) is 0. The second-order valence-electron chi connectivity index (χ2n) is 6.47. The van der Waals surface area contributed by atoms with E-state index in [0.29, 0.717) is 6.54 Å². The van der Waals surface area contributed by atoms with Crippen LogP contribution in [0.1, 0.15) is 17.8 Å². The van der Waals surface area contributed by atoms with Crippen molar-refractivity contribution in [3.8, 4) is 5.75 Å². The molecule has 1 heterocycles. The van der Waals surface area contributed by atoms with Crippen LogP contribution in [-0.4, -0.2) is 28.4 Å². The number of fused-ring (bicyclic) bond motifs is 1.